The van der Waals surface area contributed by atoms with E-state index in [9.17, 15) is 9.59 Å². The van der Waals surface area contributed by atoms with E-state index in [0.29, 0.717) is 24.7 Å². The van der Waals surface area contributed by atoms with E-state index in [2.05, 4.69) is 4.98 Å². The van der Waals surface area contributed by atoms with Gasteiger partial charge in [-0.15, -0.1) is 0 Å². The van der Waals surface area contributed by atoms with E-state index in [1.165, 1.54) is 4.90 Å². The van der Waals surface area contributed by atoms with E-state index in [1.54, 1.807) is 12.5 Å². The summed E-state index contributed by atoms with van der Waals surface area (Å²) >= 11 is 0. The fourth-order valence-corrected chi connectivity index (χ4v) is 2.17. The van der Waals surface area contributed by atoms with E-state index >= 15 is 0 Å². The Kier molecular flexibility index (Phi) is 3.41. The molecule has 0 atom stereocenters. The summed E-state index contributed by atoms with van der Waals surface area (Å²) in [6, 6.07) is 0. The molecule has 6 nitrogen and oxygen atoms in total. The van der Waals surface area contributed by atoms with Crippen molar-refractivity contribution in [2.24, 2.45) is 5.92 Å². The summed E-state index contributed by atoms with van der Waals surface area (Å²) in [5.41, 5.74) is 0.575. The second-order valence-corrected chi connectivity index (χ2v) is 4.30. The van der Waals surface area contributed by atoms with Gasteiger partial charge in [-0.05, 0) is 18.8 Å². The Labute approximate surface area is 98.9 Å². The van der Waals surface area contributed by atoms with Crippen molar-refractivity contribution < 1.29 is 14.7 Å². The highest BCUT2D eigenvalue weighted by atomic mass is 16.4. The highest BCUT2D eigenvalue weighted by molar-refractivity contribution is 5.71. The lowest BCUT2D eigenvalue weighted by molar-refractivity contribution is 0.111. The summed E-state index contributed by atoms with van der Waals surface area (Å²) in [5.74, 6) is 0.415. The van der Waals surface area contributed by atoms with E-state index in [4.69, 9.17) is 5.11 Å². The van der Waals surface area contributed by atoms with Crippen LogP contribution >= 0.6 is 0 Å². The summed E-state index contributed by atoms with van der Waals surface area (Å²) in [4.78, 5) is 26.8. The van der Waals surface area contributed by atoms with Crippen molar-refractivity contribution in [1.29, 1.82) is 0 Å². The van der Waals surface area contributed by atoms with Gasteiger partial charge in [0.2, 0.25) is 0 Å². The number of hydrogen-bond donors (Lipinski definition) is 1. The van der Waals surface area contributed by atoms with Crippen molar-refractivity contribution in [3.63, 3.8) is 0 Å². The zero-order valence-corrected chi connectivity index (χ0v) is 9.45. The minimum absolute atomic E-state index is 0.415. The van der Waals surface area contributed by atoms with E-state index in [1.807, 2.05) is 4.57 Å². The molecule has 1 aromatic heterocycles. The van der Waals surface area contributed by atoms with Crippen LogP contribution < -0.4 is 0 Å². The number of hydrogen-bond acceptors (Lipinski definition) is 3. The van der Waals surface area contributed by atoms with Crippen LogP contribution in [0.2, 0.25) is 0 Å². The van der Waals surface area contributed by atoms with Crippen LogP contribution in [0.15, 0.2) is 12.5 Å². The van der Waals surface area contributed by atoms with Crippen LogP contribution in [-0.2, 0) is 6.54 Å². The molecule has 0 aromatic carbocycles. The molecule has 2 heterocycles. The standard InChI is InChI=1S/C11H15N3O3/c15-7-10-5-12-8-14(10)6-9-1-3-13(4-2-9)11(16)17/h5,7-9H,1-4,6H2,(H,16,17). The topological polar surface area (TPSA) is 75.4 Å². The predicted octanol–water partition coefficient (Wildman–Crippen LogP) is 1.09. The number of piperidine rings is 1. The molecule has 1 aliphatic heterocycles. The molecule has 1 fully saturated rings. The highest BCUT2D eigenvalue weighted by Crippen LogP contribution is 2.19. The van der Waals surface area contributed by atoms with E-state index in [0.717, 1.165) is 25.7 Å². The normalized spacial score (nSPS) is 17.1. The molecule has 1 saturated heterocycles. The minimum Gasteiger partial charge on any atom is -0.465 e. The number of imidazole rings is 1. The van der Waals surface area contributed by atoms with Crippen LogP contribution in [0, 0.1) is 5.92 Å². The molecule has 2 rings (SSSR count). The molecule has 0 spiro atoms. The Morgan fingerprint density at radius 1 is 1.53 bits per heavy atom. The molecule has 1 aliphatic rings. The second kappa shape index (κ2) is 4.99. The summed E-state index contributed by atoms with van der Waals surface area (Å²) in [6.45, 7) is 1.89. The van der Waals surface area contributed by atoms with Gasteiger partial charge >= 0.3 is 6.09 Å². The molecule has 1 N–H and O–H groups in total. The maximum absolute atomic E-state index is 10.7. The Balaban J connectivity index is 1.90. The smallest absolute Gasteiger partial charge is 0.407 e. The first kappa shape index (κ1) is 11.6. The lowest BCUT2D eigenvalue weighted by atomic mass is 9.97. The maximum Gasteiger partial charge on any atom is 0.407 e. The fraction of sp³-hybridized carbons (Fsp3) is 0.545. The zero-order valence-electron chi connectivity index (χ0n) is 9.45. The highest BCUT2D eigenvalue weighted by Gasteiger charge is 2.22. The van der Waals surface area contributed by atoms with Gasteiger partial charge in [0.1, 0.15) is 5.69 Å². The Hall–Kier alpha value is -1.85. The number of amides is 1. The number of aldehydes is 1. The molecule has 92 valence electrons. The molecule has 0 aliphatic carbocycles. The molecule has 0 unspecified atom stereocenters. The first-order chi connectivity index (χ1) is 8.20. The van der Waals surface area contributed by atoms with Gasteiger partial charge in [-0.3, -0.25) is 4.79 Å². The van der Waals surface area contributed by atoms with Gasteiger partial charge in [0.05, 0.1) is 12.5 Å². The van der Waals surface area contributed by atoms with Crippen molar-refractivity contribution in [3.8, 4) is 0 Å². The van der Waals surface area contributed by atoms with Gasteiger partial charge in [-0.2, -0.15) is 0 Å². The van der Waals surface area contributed by atoms with Gasteiger partial charge in [0.25, 0.3) is 0 Å². The lowest BCUT2D eigenvalue weighted by Gasteiger charge is -2.30. The summed E-state index contributed by atoms with van der Waals surface area (Å²) < 4.78 is 1.83. The van der Waals surface area contributed by atoms with Gasteiger partial charge in [0, 0.05) is 19.6 Å². The van der Waals surface area contributed by atoms with Crippen molar-refractivity contribution in [2.75, 3.05) is 13.1 Å². The summed E-state index contributed by atoms with van der Waals surface area (Å²) in [6.07, 6.45) is 4.80. The Morgan fingerprint density at radius 3 is 2.82 bits per heavy atom. The van der Waals surface area contributed by atoms with Crippen molar-refractivity contribution in [3.05, 3.63) is 18.2 Å². The largest absolute Gasteiger partial charge is 0.465 e. The number of carbonyl (C=O) groups excluding carboxylic acids is 1. The number of rotatable bonds is 3. The fourth-order valence-electron chi connectivity index (χ4n) is 2.17. The maximum atomic E-state index is 10.7. The van der Waals surface area contributed by atoms with Crippen molar-refractivity contribution >= 4 is 12.4 Å². The molecule has 17 heavy (non-hydrogen) atoms. The number of aromatic nitrogens is 2. The predicted molar refractivity (Wildman–Crippen MR) is 59.9 cm³/mol. The molecule has 0 bridgehead atoms. The quantitative estimate of drug-likeness (QED) is 0.798. The third-order valence-electron chi connectivity index (χ3n) is 3.21. The summed E-state index contributed by atoms with van der Waals surface area (Å²) in [7, 11) is 0. The third kappa shape index (κ3) is 2.64. The zero-order chi connectivity index (χ0) is 12.3. The Bertz CT molecular complexity index is 408. The average Bonchev–Trinajstić information content (AvgIpc) is 2.77. The first-order valence-electron chi connectivity index (χ1n) is 5.64. The number of nitrogens with zero attached hydrogens (tertiary/aromatic N) is 3. The van der Waals surface area contributed by atoms with Gasteiger partial charge in [-0.1, -0.05) is 0 Å². The van der Waals surface area contributed by atoms with Crippen LogP contribution in [0.4, 0.5) is 4.79 Å². The van der Waals surface area contributed by atoms with Gasteiger partial charge < -0.3 is 14.6 Å². The van der Waals surface area contributed by atoms with Crippen molar-refractivity contribution in [2.45, 2.75) is 19.4 Å². The number of likely N-dealkylation sites (tertiary alicyclic amines) is 1. The monoisotopic (exact) mass is 237 g/mol. The molecular formula is C11H15N3O3. The molecule has 0 saturated carbocycles. The Morgan fingerprint density at radius 2 is 2.24 bits per heavy atom. The number of carboxylic acid groups (broad SMARTS) is 1. The third-order valence-corrected chi connectivity index (χ3v) is 3.21. The van der Waals surface area contributed by atoms with Crippen LogP contribution in [0.5, 0.6) is 0 Å². The van der Waals surface area contributed by atoms with E-state index < -0.39 is 6.09 Å². The SMILES string of the molecule is O=Cc1cncn1CC1CCN(C(=O)O)CC1. The number of carbonyl (C=O) groups is 2. The van der Waals surface area contributed by atoms with Crippen LogP contribution in [0.25, 0.3) is 0 Å². The molecule has 1 aromatic rings. The second-order valence-electron chi connectivity index (χ2n) is 4.30. The average molecular weight is 237 g/mol. The minimum atomic E-state index is -0.848. The van der Waals surface area contributed by atoms with Crippen LogP contribution in [0.1, 0.15) is 23.3 Å². The van der Waals surface area contributed by atoms with Crippen molar-refractivity contribution in [1.82, 2.24) is 14.5 Å². The van der Waals surface area contributed by atoms with E-state index in [-0.39, 0.29) is 0 Å². The van der Waals surface area contributed by atoms with Crippen LogP contribution in [-0.4, -0.2) is 45.0 Å². The van der Waals surface area contributed by atoms with Crippen LogP contribution in [0.3, 0.4) is 0 Å². The lowest BCUT2D eigenvalue weighted by Crippen LogP contribution is -2.38. The summed E-state index contributed by atoms with van der Waals surface area (Å²) in [5, 5.41) is 8.83. The molecular weight excluding hydrogens is 222 g/mol. The first-order valence-corrected chi connectivity index (χ1v) is 5.64. The molecule has 6 heteroatoms. The molecule has 1 amide bonds. The molecule has 0 radical (unpaired) electrons. The van der Waals surface area contributed by atoms with Gasteiger partial charge in [0.15, 0.2) is 6.29 Å². The van der Waals surface area contributed by atoms with Gasteiger partial charge in [-0.25, -0.2) is 9.78 Å².